The lowest BCUT2D eigenvalue weighted by Gasteiger charge is -1.98. The number of carbonyl (C=O) groups is 1. The Morgan fingerprint density at radius 3 is 2.75 bits per heavy atom. The summed E-state index contributed by atoms with van der Waals surface area (Å²) >= 11 is 0. The van der Waals surface area contributed by atoms with Crippen LogP contribution in [0.15, 0.2) is 16.8 Å². The van der Waals surface area contributed by atoms with Crippen LogP contribution in [0.4, 0.5) is 11.8 Å². The summed E-state index contributed by atoms with van der Waals surface area (Å²) < 4.78 is 4.97. The summed E-state index contributed by atoms with van der Waals surface area (Å²) in [6, 6.07) is 0.0149. The Morgan fingerprint density at radius 1 is 1.38 bits per heavy atom. The van der Waals surface area contributed by atoms with Crippen molar-refractivity contribution in [1.82, 2.24) is 20.2 Å². The van der Waals surface area contributed by atoms with Crippen LogP contribution in [0.2, 0.25) is 0 Å². The van der Waals surface area contributed by atoms with Crippen molar-refractivity contribution in [1.29, 1.82) is 0 Å². The Labute approximate surface area is 89.9 Å². The van der Waals surface area contributed by atoms with Crippen LogP contribution in [0, 0.1) is 6.92 Å². The van der Waals surface area contributed by atoms with Crippen LogP contribution >= 0.6 is 0 Å². The van der Waals surface area contributed by atoms with Gasteiger partial charge in [0.05, 0.1) is 12.4 Å². The van der Waals surface area contributed by atoms with E-state index in [1.807, 2.05) is 0 Å². The van der Waals surface area contributed by atoms with Gasteiger partial charge in [-0.3, -0.25) is 10.1 Å². The molecule has 0 saturated heterocycles. The number of hydrogen-bond acceptors (Lipinski definition) is 7. The molecule has 0 spiro atoms. The highest BCUT2D eigenvalue weighted by atomic mass is 16.4. The highest BCUT2D eigenvalue weighted by Gasteiger charge is 2.11. The number of carbonyl (C=O) groups excluding carboxylic acids is 1. The molecule has 2 aromatic rings. The molecule has 82 valence electrons. The summed E-state index contributed by atoms with van der Waals surface area (Å²) in [5, 5.41) is 9.54. The summed E-state index contributed by atoms with van der Waals surface area (Å²) in [7, 11) is 0. The van der Waals surface area contributed by atoms with Crippen molar-refractivity contribution in [2.45, 2.75) is 6.92 Å². The quantitative estimate of drug-likeness (QED) is 0.730. The number of amides is 1. The fourth-order valence-corrected chi connectivity index (χ4v) is 0.964. The molecule has 2 heterocycles. The van der Waals surface area contributed by atoms with Gasteiger partial charge < -0.3 is 10.2 Å². The SMILES string of the molecule is Cc1nnc(NC(=O)c2cnc(N)cn2)o1. The smallest absolute Gasteiger partial charge is 0.322 e. The molecule has 0 aliphatic carbocycles. The van der Waals surface area contributed by atoms with Crippen molar-refractivity contribution in [2.24, 2.45) is 0 Å². The number of nitrogen functional groups attached to an aromatic ring is 1. The number of rotatable bonds is 2. The lowest BCUT2D eigenvalue weighted by atomic mass is 10.4. The molecule has 0 radical (unpaired) electrons. The van der Waals surface area contributed by atoms with E-state index in [9.17, 15) is 4.79 Å². The molecule has 0 bridgehead atoms. The maximum Gasteiger partial charge on any atom is 0.322 e. The second-order valence-corrected chi connectivity index (χ2v) is 2.91. The predicted molar refractivity (Wildman–Crippen MR) is 53.4 cm³/mol. The van der Waals surface area contributed by atoms with Gasteiger partial charge >= 0.3 is 6.01 Å². The van der Waals surface area contributed by atoms with Crippen LogP contribution < -0.4 is 11.1 Å². The molecule has 0 aliphatic heterocycles. The average molecular weight is 220 g/mol. The minimum atomic E-state index is -0.490. The third-order valence-corrected chi connectivity index (χ3v) is 1.65. The Morgan fingerprint density at radius 2 is 2.19 bits per heavy atom. The van der Waals surface area contributed by atoms with Gasteiger partial charge in [-0.2, -0.15) is 0 Å². The van der Waals surface area contributed by atoms with Crippen molar-refractivity contribution in [3.8, 4) is 0 Å². The molecule has 3 N–H and O–H groups in total. The van der Waals surface area contributed by atoms with Gasteiger partial charge in [0.15, 0.2) is 0 Å². The number of nitrogens with zero attached hydrogens (tertiary/aromatic N) is 4. The van der Waals surface area contributed by atoms with Crippen molar-refractivity contribution < 1.29 is 9.21 Å². The lowest BCUT2D eigenvalue weighted by Crippen LogP contribution is -2.14. The Kier molecular flexibility index (Phi) is 2.46. The minimum Gasteiger partial charge on any atom is -0.408 e. The summed E-state index contributed by atoms with van der Waals surface area (Å²) in [5.74, 6) is 0.111. The van der Waals surface area contributed by atoms with E-state index >= 15 is 0 Å². The van der Waals surface area contributed by atoms with Crippen LogP contribution in [-0.4, -0.2) is 26.1 Å². The molecule has 8 nitrogen and oxygen atoms in total. The van der Waals surface area contributed by atoms with Gasteiger partial charge in [0.1, 0.15) is 11.5 Å². The molecular weight excluding hydrogens is 212 g/mol. The van der Waals surface area contributed by atoms with E-state index in [2.05, 4.69) is 25.5 Å². The monoisotopic (exact) mass is 220 g/mol. The van der Waals surface area contributed by atoms with Crippen LogP contribution in [0.5, 0.6) is 0 Å². The predicted octanol–water partition coefficient (Wildman–Crippen LogP) is 0.00252. The van der Waals surface area contributed by atoms with Crippen LogP contribution in [0.3, 0.4) is 0 Å². The van der Waals surface area contributed by atoms with Crippen molar-refractivity contribution in [3.63, 3.8) is 0 Å². The van der Waals surface area contributed by atoms with E-state index in [1.54, 1.807) is 6.92 Å². The van der Waals surface area contributed by atoms with E-state index in [-0.39, 0.29) is 17.5 Å². The van der Waals surface area contributed by atoms with E-state index in [0.717, 1.165) is 0 Å². The van der Waals surface area contributed by atoms with Gasteiger partial charge in [0.25, 0.3) is 5.91 Å². The zero-order valence-corrected chi connectivity index (χ0v) is 8.34. The fraction of sp³-hybridized carbons (Fsp3) is 0.125. The van der Waals surface area contributed by atoms with Crippen LogP contribution in [-0.2, 0) is 0 Å². The van der Waals surface area contributed by atoms with Gasteiger partial charge in [-0.25, -0.2) is 9.97 Å². The van der Waals surface area contributed by atoms with E-state index in [4.69, 9.17) is 10.2 Å². The fourth-order valence-electron chi connectivity index (χ4n) is 0.964. The number of aryl methyl sites for hydroxylation is 1. The molecule has 1 amide bonds. The first-order valence-corrected chi connectivity index (χ1v) is 4.34. The normalized spacial score (nSPS) is 10.1. The van der Waals surface area contributed by atoms with E-state index in [1.165, 1.54) is 12.4 Å². The second kappa shape index (κ2) is 3.93. The van der Waals surface area contributed by atoms with Crippen LogP contribution in [0.25, 0.3) is 0 Å². The molecule has 0 atom stereocenters. The molecule has 2 aromatic heterocycles. The van der Waals surface area contributed by atoms with Crippen molar-refractivity contribution >= 4 is 17.7 Å². The van der Waals surface area contributed by atoms with E-state index < -0.39 is 5.91 Å². The average Bonchev–Trinajstić information content (AvgIpc) is 2.65. The summed E-state index contributed by atoms with van der Waals surface area (Å²) in [5.41, 5.74) is 5.45. The van der Waals surface area contributed by atoms with Crippen molar-refractivity contribution in [3.05, 3.63) is 24.0 Å². The number of nitrogens with one attached hydrogen (secondary N) is 1. The third-order valence-electron chi connectivity index (χ3n) is 1.65. The molecule has 0 fully saturated rings. The molecule has 0 aliphatic rings. The maximum absolute atomic E-state index is 11.6. The maximum atomic E-state index is 11.6. The first kappa shape index (κ1) is 10.0. The second-order valence-electron chi connectivity index (χ2n) is 2.91. The number of anilines is 2. The third kappa shape index (κ3) is 2.11. The molecule has 16 heavy (non-hydrogen) atoms. The molecule has 8 heteroatoms. The van der Waals surface area contributed by atoms with E-state index in [0.29, 0.717) is 5.89 Å². The van der Waals surface area contributed by atoms with Gasteiger partial charge in [0.2, 0.25) is 5.89 Å². The summed E-state index contributed by atoms with van der Waals surface area (Å²) in [4.78, 5) is 19.1. The summed E-state index contributed by atoms with van der Waals surface area (Å²) in [6.45, 7) is 1.62. The molecular formula is C8H8N6O2. The number of nitrogens with two attached hydrogens (primary N) is 1. The van der Waals surface area contributed by atoms with Gasteiger partial charge in [0, 0.05) is 6.92 Å². The molecule has 2 rings (SSSR count). The zero-order chi connectivity index (χ0) is 11.5. The van der Waals surface area contributed by atoms with Gasteiger partial charge in [-0.05, 0) is 0 Å². The standard InChI is InChI=1S/C8H8N6O2/c1-4-13-14-8(16-4)12-7(15)5-2-11-6(9)3-10-5/h2-3H,1H3,(H2,9,11)(H,12,14,15). The highest BCUT2D eigenvalue weighted by molar-refractivity contribution is 6.01. The summed E-state index contributed by atoms with van der Waals surface area (Å²) in [6.07, 6.45) is 2.54. The number of hydrogen-bond donors (Lipinski definition) is 2. The topological polar surface area (TPSA) is 120 Å². The van der Waals surface area contributed by atoms with Gasteiger partial charge in [-0.15, -0.1) is 5.10 Å². The van der Waals surface area contributed by atoms with Crippen LogP contribution in [0.1, 0.15) is 16.4 Å². The van der Waals surface area contributed by atoms with Gasteiger partial charge in [-0.1, -0.05) is 5.10 Å². The minimum absolute atomic E-state index is 0.0149. The molecule has 0 aromatic carbocycles. The largest absolute Gasteiger partial charge is 0.408 e. The zero-order valence-electron chi connectivity index (χ0n) is 8.34. The van der Waals surface area contributed by atoms with Crippen molar-refractivity contribution in [2.75, 3.05) is 11.1 Å². The molecule has 0 unspecified atom stereocenters. The molecule has 0 saturated carbocycles. The lowest BCUT2D eigenvalue weighted by molar-refractivity contribution is 0.101. The first-order valence-electron chi connectivity index (χ1n) is 4.34. The Bertz CT molecular complexity index is 506. The highest BCUT2D eigenvalue weighted by Crippen LogP contribution is 2.05. The Hall–Kier alpha value is -2.51. The Balaban J connectivity index is 2.11. The number of aromatic nitrogens is 4. The first-order chi connectivity index (χ1) is 7.65.